The summed E-state index contributed by atoms with van der Waals surface area (Å²) in [5.41, 5.74) is 3.00. The molecule has 0 spiro atoms. The molecule has 0 bridgehead atoms. The van der Waals surface area contributed by atoms with E-state index < -0.39 is 0 Å². The molecule has 0 unspecified atom stereocenters. The highest BCUT2D eigenvalue weighted by Crippen LogP contribution is 2.29. The molecule has 0 aliphatic rings. The van der Waals surface area contributed by atoms with Crippen molar-refractivity contribution in [3.8, 4) is 0 Å². The number of hydrogen-bond acceptors (Lipinski definition) is 5. The van der Waals surface area contributed by atoms with Crippen LogP contribution in [0, 0.1) is 13.8 Å². The molecule has 0 atom stereocenters. The fourth-order valence-corrected chi connectivity index (χ4v) is 2.60. The van der Waals surface area contributed by atoms with E-state index in [9.17, 15) is 0 Å². The maximum absolute atomic E-state index is 6.31. The fourth-order valence-electron chi connectivity index (χ4n) is 2.23. The zero-order valence-corrected chi connectivity index (χ0v) is 14.3. The lowest BCUT2D eigenvalue weighted by Gasteiger charge is -2.18. The number of aryl methyl sites for hydroxylation is 2. The van der Waals surface area contributed by atoms with Crippen molar-refractivity contribution in [1.29, 1.82) is 0 Å². The Morgan fingerprint density at radius 3 is 2.73 bits per heavy atom. The van der Waals surface area contributed by atoms with Crippen LogP contribution >= 0.6 is 11.6 Å². The quantitative estimate of drug-likeness (QED) is 0.868. The molecule has 22 heavy (non-hydrogen) atoms. The minimum Gasteiger partial charge on any atom is -0.358 e. The first kappa shape index (κ1) is 16.5. The molecule has 0 amide bonds. The summed E-state index contributed by atoms with van der Waals surface area (Å²) in [6.45, 7) is 7.13. The van der Waals surface area contributed by atoms with Crippen molar-refractivity contribution < 1.29 is 0 Å². The molecular weight excluding hydrogens is 298 g/mol. The van der Waals surface area contributed by atoms with Gasteiger partial charge in [0.15, 0.2) is 5.82 Å². The molecule has 0 radical (unpaired) electrons. The normalized spacial score (nSPS) is 10.6. The number of nitrogens with zero attached hydrogens (tertiary/aromatic N) is 4. The average molecular weight is 320 g/mol. The summed E-state index contributed by atoms with van der Waals surface area (Å²) in [6.07, 6.45) is 3.93. The minimum absolute atomic E-state index is 0.453. The van der Waals surface area contributed by atoms with E-state index in [2.05, 4.69) is 38.4 Å². The fraction of sp³-hybridized carbons (Fsp3) is 0.438. The van der Waals surface area contributed by atoms with Gasteiger partial charge in [-0.2, -0.15) is 10.1 Å². The van der Waals surface area contributed by atoms with E-state index in [0.717, 1.165) is 42.0 Å². The van der Waals surface area contributed by atoms with Crippen LogP contribution in [0.25, 0.3) is 0 Å². The maximum atomic E-state index is 6.31. The summed E-state index contributed by atoms with van der Waals surface area (Å²) >= 11 is 6.31. The molecule has 2 rings (SSSR count). The van der Waals surface area contributed by atoms with Crippen molar-refractivity contribution in [3.05, 3.63) is 34.5 Å². The smallest absolute Gasteiger partial charge is 0.249 e. The van der Waals surface area contributed by atoms with Gasteiger partial charge in [0, 0.05) is 13.6 Å². The third-order valence-corrected chi connectivity index (χ3v) is 3.75. The van der Waals surface area contributed by atoms with E-state index in [-0.39, 0.29) is 0 Å². The Hall–Kier alpha value is -1.88. The van der Waals surface area contributed by atoms with Gasteiger partial charge < -0.3 is 10.2 Å². The van der Waals surface area contributed by atoms with E-state index in [1.54, 1.807) is 6.20 Å². The maximum Gasteiger partial charge on any atom is 0.249 e. The van der Waals surface area contributed by atoms with Crippen LogP contribution < -0.4 is 10.2 Å². The third-order valence-electron chi connectivity index (χ3n) is 3.45. The molecule has 118 valence electrons. The number of unbranched alkanes of at least 4 members (excludes halogenated alkanes) is 1. The van der Waals surface area contributed by atoms with Gasteiger partial charge >= 0.3 is 0 Å². The Labute approximate surface area is 136 Å². The summed E-state index contributed by atoms with van der Waals surface area (Å²) in [6, 6.07) is 3.99. The zero-order valence-electron chi connectivity index (χ0n) is 13.5. The van der Waals surface area contributed by atoms with Crippen molar-refractivity contribution in [3.63, 3.8) is 0 Å². The molecular formula is C16H22ClN5. The topological polar surface area (TPSA) is 53.9 Å². The van der Waals surface area contributed by atoms with Gasteiger partial charge in [0.1, 0.15) is 0 Å². The Balaban J connectivity index is 2.21. The molecule has 1 aromatic carbocycles. The van der Waals surface area contributed by atoms with Crippen LogP contribution in [0.5, 0.6) is 0 Å². The van der Waals surface area contributed by atoms with E-state index in [1.165, 1.54) is 0 Å². The van der Waals surface area contributed by atoms with Gasteiger partial charge in [-0.1, -0.05) is 31.0 Å². The molecule has 5 nitrogen and oxygen atoms in total. The number of rotatable bonds is 6. The third kappa shape index (κ3) is 4.07. The first-order valence-electron chi connectivity index (χ1n) is 7.46. The van der Waals surface area contributed by atoms with Crippen LogP contribution in [0.2, 0.25) is 5.02 Å². The predicted molar refractivity (Wildman–Crippen MR) is 92.2 cm³/mol. The number of nitrogens with one attached hydrogen (secondary N) is 1. The lowest BCUT2D eigenvalue weighted by molar-refractivity contribution is 0.754. The first-order chi connectivity index (χ1) is 10.5. The Bertz CT molecular complexity index is 621. The zero-order chi connectivity index (χ0) is 16.1. The van der Waals surface area contributed by atoms with Crippen LogP contribution in [-0.2, 0) is 0 Å². The van der Waals surface area contributed by atoms with Crippen LogP contribution in [-0.4, -0.2) is 28.8 Å². The molecule has 1 aromatic heterocycles. The van der Waals surface area contributed by atoms with Crippen molar-refractivity contribution >= 4 is 29.1 Å². The van der Waals surface area contributed by atoms with Crippen LogP contribution in [0.15, 0.2) is 18.3 Å². The lowest BCUT2D eigenvalue weighted by atomic mass is 10.1. The van der Waals surface area contributed by atoms with Crippen molar-refractivity contribution in [1.82, 2.24) is 15.2 Å². The van der Waals surface area contributed by atoms with Gasteiger partial charge in [0.05, 0.1) is 16.9 Å². The van der Waals surface area contributed by atoms with Crippen molar-refractivity contribution in [2.24, 2.45) is 0 Å². The van der Waals surface area contributed by atoms with E-state index in [0.29, 0.717) is 11.0 Å². The molecule has 0 aliphatic heterocycles. The van der Waals surface area contributed by atoms with Crippen LogP contribution in [0.1, 0.15) is 30.9 Å². The summed E-state index contributed by atoms with van der Waals surface area (Å²) in [4.78, 5) is 6.58. The van der Waals surface area contributed by atoms with E-state index in [1.807, 2.05) is 27.0 Å². The Morgan fingerprint density at radius 2 is 2.05 bits per heavy atom. The second kappa shape index (κ2) is 7.40. The summed E-state index contributed by atoms with van der Waals surface area (Å²) in [5, 5.41) is 11.9. The Kier molecular flexibility index (Phi) is 5.55. The minimum atomic E-state index is 0.453. The van der Waals surface area contributed by atoms with Gasteiger partial charge in [0.2, 0.25) is 5.95 Å². The number of hydrogen-bond donors (Lipinski definition) is 1. The second-order valence-corrected chi connectivity index (χ2v) is 5.88. The molecule has 6 heteroatoms. The van der Waals surface area contributed by atoms with Gasteiger partial charge in [-0.05, 0) is 37.5 Å². The van der Waals surface area contributed by atoms with Crippen molar-refractivity contribution in [2.45, 2.75) is 33.6 Å². The summed E-state index contributed by atoms with van der Waals surface area (Å²) in [5.74, 6) is 1.25. The molecule has 2 aromatic rings. The highest BCUT2D eigenvalue weighted by Gasteiger charge is 2.10. The van der Waals surface area contributed by atoms with Gasteiger partial charge in [-0.15, -0.1) is 5.10 Å². The first-order valence-corrected chi connectivity index (χ1v) is 7.83. The van der Waals surface area contributed by atoms with Crippen LogP contribution in [0.4, 0.5) is 17.5 Å². The van der Waals surface area contributed by atoms with Gasteiger partial charge in [-0.25, -0.2) is 0 Å². The van der Waals surface area contributed by atoms with Crippen LogP contribution in [0.3, 0.4) is 0 Å². The standard InChI is InChI=1S/C16H22ClN5/c1-5-6-7-22(4)14-10-18-21-16(19-14)20-15-12(3)8-11(2)9-13(15)17/h8-10H,5-7H2,1-4H3,(H,19,20,21). The largest absolute Gasteiger partial charge is 0.358 e. The number of halogens is 1. The SMILES string of the molecule is CCCCN(C)c1cnnc(Nc2c(C)cc(C)cc2Cl)n1. The average Bonchev–Trinajstić information content (AvgIpc) is 2.48. The number of anilines is 3. The molecule has 1 heterocycles. The van der Waals surface area contributed by atoms with Gasteiger partial charge in [0.25, 0.3) is 0 Å². The van der Waals surface area contributed by atoms with E-state index in [4.69, 9.17) is 11.6 Å². The molecule has 0 saturated heterocycles. The molecule has 1 N–H and O–H groups in total. The lowest BCUT2D eigenvalue weighted by Crippen LogP contribution is -2.20. The Morgan fingerprint density at radius 1 is 1.27 bits per heavy atom. The summed E-state index contributed by atoms with van der Waals surface area (Å²) < 4.78 is 0. The van der Waals surface area contributed by atoms with E-state index >= 15 is 0 Å². The molecule has 0 fully saturated rings. The number of benzene rings is 1. The highest BCUT2D eigenvalue weighted by molar-refractivity contribution is 6.33. The monoisotopic (exact) mass is 319 g/mol. The summed E-state index contributed by atoms with van der Waals surface area (Å²) in [7, 11) is 2.01. The molecule has 0 saturated carbocycles. The van der Waals surface area contributed by atoms with Gasteiger partial charge in [-0.3, -0.25) is 0 Å². The molecule has 0 aliphatic carbocycles. The second-order valence-electron chi connectivity index (χ2n) is 5.48. The number of aromatic nitrogens is 3. The highest BCUT2D eigenvalue weighted by atomic mass is 35.5. The van der Waals surface area contributed by atoms with Crippen molar-refractivity contribution in [2.75, 3.05) is 23.8 Å². The predicted octanol–water partition coefficient (Wildman–Crippen LogP) is 4.12.